The van der Waals surface area contributed by atoms with Gasteiger partial charge in [-0.2, -0.15) is 0 Å². The van der Waals surface area contributed by atoms with Crippen LogP contribution in [0.3, 0.4) is 0 Å². The first-order chi connectivity index (χ1) is 11.6. The molecule has 1 aromatic rings. The highest BCUT2D eigenvalue weighted by Gasteiger charge is 2.29. The number of aromatic hydroxyl groups is 1. The molecule has 1 atom stereocenters. The van der Waals surface area contributed by atoms with Gasteiger partial charge in [0, 0.05) is 32.2 Å². The smallest absolute Gasteiger partial charge is 0.123 e. The maximum atomic E-state index is 11.0. The van der Waals surface area contributed by atoms with Crippen molar-refractivity contribution >= 4 is 0 Å². The molecule has 2 rings (SSSR count). The van der Waals surface area contributed by atoms with Crippen molar-refractivity contribution in [1.82, 2.24) is 10.2 Å². The van der Waals surface area contributed by atoms with Gasteiger partial charge in [0.2, 0.25) is 0 Å². The SMILES string of the molecule is C=CC[C@@H](c1cc(C(C)(C)C)c(O)c(C(C)(C)C)c1)N1CCNCC1. The van der Waals surface area contributed by atoms with Gasteiger partial charge in [0.15, 0.2) is 0 Å². The van der Waals surface area contributed by atoms with Gasteiger partial charge in [0.1, 0.15) is 5.75 Å². The standard InChI is InChI=1S/C22H36N2O/c1-8-9-19(24-12-10-23-11-13-24)16-14-17(21(2,3)4)20(25)18(15-16)22(5,6)7/h8,14-15,19,23,25H,1,9-13H2,2-7H3/t19-/m0/s1. The number of benzene rings is 1. The molecule has 1 aliphatic rings. The maximum Gasteiger partial charge on any atom is 0.123 e. The van der Waals surface area contributed by atoms with Crippen molar-refractivity contribution in [3.8, 4) is 5.75 Å². The highest BCUT2D eigenvalue weighted by Crippen LogP contribution is 2.42. The lowest BCUT2D eigenvalue weighted by Crippen LogP contribution is -2.45. The number of nitrogens with one attached hydrogen (secondary N) is 1. The van der Waals surface area contributed by atoms with Gasteiger partial charge in [0.05, 0.1) is 0 Å². The molecule has 1 aliphatic heterocycles. The Morgan fingerprint density at radius 3 is 1.96 bits per heavy atom. The molecule has 140 valence electrons. The van der Waals surface area contributed by atoms with Gasteiger partial charge in [-0.15, -0.1) is 6.58 Å². The minimum Gasteiger partial charge on any atom is -0.507 e. The average molecular weight is 345 g/mol. The third-order valence-corrected chi connectivity index (χ3v) is 5.12. The van der Waals surface area contributed by atoms with Crippen molar-refractivity contribution in [2.24, 2.45) is 0 Å². The minimum absolute atomic E-state index is 0.0950. The van der Waals surface area contributed by atoms with E-state index in [1.807, 2.05) is 6.08 Å². The molecule has 0 aromatic heterocycles. The Hall–Kier alpha value is -1.32. The van der Waals surface area contributed by atoms with Crippen LogP contribution in [0.15, 0.2) is 24.8 Å². The van der Waals surface area contributed by atoms with Crippen LogP contribution in [0.2, 0.25) is 0 Å². The van der Waals surface area contributed by atoms with E-state index in [1.165, 1.54) is 5.56 Å². The quantitative estimate of drug-likeness (QED) is 0.789. The first kappa shape index (κ1) is 20.0. The lowest BCUT2D eigenvalue weighted by Gasteiger charge is -2.36. The maximum absolute atomic E-state index is 11.0. The minimum atomic E-state index is -0.0950. The molecule has 1 fully saturated rings. The third-order valence-electron chi connectivity index (χ3n) is 5.12. The van der Waals surface area contributed by atoms with Crippen LogP contribution in [0.5, 0.6) is 5.75 Å². The highest BCUT2D eigenvalue weighted by atomic mass is 16.3. The van der Waals surface area contributed by atoms with Gasteiger partial charge < -0.3 is 10.4 Å². The molecule has 0 saturated carbocycles. The predicted molar refractivity (Wildman–Crippen MR) is 108 cm³/mol. The summed E-state index contributed by atoms with van der Waals surface area (Å²) in [5, 5.41) is 14.4. The van der Waals surface area contributed by atoms with Gasteiger partial charge in [-0.1, -0.05) is 47.6 Å². The molecule has 1 aromatic carbocycles. The monoisotopic (exact) mass is 344 g/mol. The molecule has 0 radical (unpaired) electrons. The van der Waals surface area contributed by atoms with E-state index in [4.69, 9.17) is 0 Å². The van der Waals surface area contributed by atoms with Gasteiger partial charge in [0.25, 0.3) is 0 Å². The Morgan fingerprint density at radius 1 is 1.08 bits per heavy atom. The molecule has 1 heterocycles. The van der Waals surface area contributed by atoms with Crippen LogP contribution in [0.1, 0.15) is 70.7 Å². The van der Waals surface area contributed by atoms with E-state index in [-0.39, 0.29) is 10.8 Å². The van der Waals surface area contributed by atoms with Gasteiger partial charge in [-0.25, -0.2) is 0 Å². The molecule has 2 N–H and O–H groups in total. The zero-order valence-electron chi connectivity index (χ0n) is 16.9. The first-order valence-corrected chi connectivity index (χ1v) is 9.49. The van der Waals surface area contributed by atoms with E-state index in [2.05, 4.69) is 70.5 Å². The van der Waals surface area contributed by atoms with Crippen LogP contribution < -0.4 is 5.32 Å². The van der Waals surface area contributed by atoms with Crippen LogP contribution >= 0.6 is 0 Å². The Labute approximate surface area is 154 Å². The number of phenols is 1. The zero-order valence-corrected chi connectivity index (χ0v) is 16.9. The summed E-state index contributed by atoms with van der Waals surface area (Å²) in [7, 11) is 0. The largest absolute Gasteiger partial charge is 0.507 e. The van der Waals surface area contributed by atoms with Crippen LogP contribution in [-0.4, -0.2) is 36.2 Å². The van der Waals surface area contributed by atoms with Crippen LogP contribution in [0, 0.1) is 0 Å². The highest BCUT2D eigenvalue weighted by molar-refractivity contribution is 5.50. The molecule has 3 heteroatoms. The van der Waals surface area contributed by atoms with E-state index in [1.54, 1.807) is 0 Å². The van der Waals surface area contributed by atoms with Crippen molar-refractivity contribution in [3.05, 3.63) is 41.5 Å². The second-order valence-corrected chi connectivity index (χ2v) is 9.29. The fourth-order valence-corrected chi connectivity index (χ4v) is 3.64. The number of hydrogen-bond acceptors (Lipinski definition) is 3. The zero-order chi connectivity index (χ0) is 18.8. The van der Waals surface area contributed by atoms with Crippen molar-refractivity contribution in [1.29, 1.82) is 0 Å². The topological polar surface area (TPSA) is 35.5 Å². The van der Waals surface area contributed by atoms with Crippen LogP contribution in [0.25, 0.3) is 0 Å². The second kappa shape index (κ2) is 7.51. The molecule has 25 heavy (non-hydrogen) atoms. The summed E-state index contributed by atoms with van der Waals surface area (Å²) >= 11 is 0. The number of phenolic OH excluding ortho intramolecular Hbond substituents is 1. The van der Waals surface area contributed by atoms with Crippen LogP contribution in [0.4, 0.5) is 0 Å². The lowest BCUT2D eigenvalue weighted by molar-refractivity contribution is 0.174. The average Bonchev–Trinajstić information content (AvgIpc) is 2.51. The van der Waals surface area contributed by atoms with Crippen molar-refractivity contribution in [3.63, 3.8) is 0 Å². The van der Waals surface area contributed by atoms with Gasteiger partial charge in [-0.3, -0.25) is 4.90 Å². The molecule has 1 saturated heterocycles. The Bertz CT molecular complexity index is 566. The second-order valence-electron chi connectivity index (χ2n) is 9.29. The van der Waals surface area contributed by atoms with Crippen molar-refractivity contribution < 1.29 is 5.11 Å². The van der Waals surface area contributed by atoms with Crippen molar-refractivity contribution in [2.75, 3.05) is 26.2 Å². The summed E-state index contributed by atoms with van der Waals surface area (Å²) in [6.07, 6.45) is 2.95. The summed E-state index contributed by atoms with van der Waals surface area (Å²) in [4.78, 5) is 2.55. The van der Waals surface area contributed by atoms with E-state index in [9.17, 15) is 5.11 Å². The summed E-state index contributed by atoms with van der Waals surface area (Å²) in [6, 6.07) is 4.77. The van der Waals surface area contributed by atoms with E-state index in [0.717, 1.165) is 43.7 Å². The third kappa shape index (κ3) is 4.65. The molecule has 0 spiro atoms. The lowest BCUT2D eigenvalue weighted by atomic mass is 9.77. The molecular weight excluding hydrogens is 308 g/mol. The first-order valence-electron chi connectivity index (χ1n) is 9.49. The van der Waals surface area contributed by atoms with Crippen LogP contribution in [-0.2, 0) is 10.8 Å². The summed E-state index contributed by atoms with van der Waals surface area (Å²) in [5.74, 6) is 0.460. The fourth-order valence-electron chi connectivity index (χ4n) is 3.64. The molecular formula is C22H36N2O. The summed E-state index contributed by atoms with van der Waals surface area (Å²) < 4.78 is 0. The molecule has 0 bridgehead atoms. The summed E-state index contributed by atoms with van der Waals surface area (Å²) in [6.45, 7) is 21.2. The van der Waals surface area contributed by atoms with E-state index < -0.39 is 0 Å². The Balaban J connectivity index is 2.59. The predicted octanol–water partition coefficient (Wildman–Crippen LogP) is 4.51. The number of rotatable bonds is 4. The fraction of sp³-hybridized carbons (Fsp3) is 0.636. The number of nitrogens with zero attached hydrogens (tertiary/aromatic N) is 1. The van der Waals surface area contributed by atoms with E-state index in [0.29, 0.717) is 11.8 Å². The molecule has 0 amide bonds. The molecule has 0 aliphatic carbocycles. The Kier molecular flexibility index (Phi) is 6.01. The number of hydrogen-bond donors (Lipinski definition) is 2. The Morgan fingerprint density at radius 2 is 1.56 bits per heavy atom. The summed E-state index contributed by atoms with van der Waals surface area (Å²) in [5.41, 5.74) is 3.19. The van der Waals surface area contributed by atoms with E-state index >= 15 is 0 Å². The molecule has 0 unspecified atom stereocenters. The van der Waals surface area contributed by atoms with Crippen molar-refractivity contribution in [2.45, 2.75) is 64.8 Å². The van der Waals surface area contributed by atoms with Gasteiger partial charge >= 0.3 is 0 Å². The normalized spacial score (nSPS) is 18.2. The molecule has 3 nitrogen and oxygen atoms in total. The van der Waals surface area contributed by atoms with Gasteiger partial charge in [-0.05, 0) is 46.1 Å². The number of piperazine rings is 1.